The van der Waals surface area contributed by atoms with Crippen molar-refractivity contribution < 1.29 is 0 Å². The second-order valence-electron chi connectivity index (χ2n) is 7.43. The largest absolute Gasteiger partial charge is 0.305 e. The summed E-state index contributed by atoms with van der Waals surface area (Å²) in [6, 6.07) is 10.9. The van der Waals surface area contributed by atoms with Gasteiger partial charge in [0.2, 0.25) is 0 Å². The van der Waals surface area contributed by atoms with Crippen LogP contribution in [0.2, 0.25) is 0 Å². The van der Waals surface area contributed by atoms with Gasteiger partial charge in [0.1, 0.15) is 0 Å². The molecule has 1 aliphatic heterocycles. The second-order valence-corrected chi connectivity index (χ2v) is 7.43. The predicted molar refractivity (Wildman–Crippen MR) is 91.5 cm³/mol. The summed E-state index contributed by atoms with van der Waals surface area (Å²) in [4.78, 5) is 2.70. The summed E-state index contributed by atoms with van der Waals surface area (Å²) in [5.41, 5.74) is 1.69. The quantitative estimate of drug-likeness (QED) is 0.880. The Morgan fingerprint density at radius 1 is 1.10 bits per heavy atom. The van der Waals surface area contributed by atoms with Crippen molar-refractivity contribution in [2.75, 3.05) is 19.6 Å². The van der Waals surface area contributed by atoms with E-state index in [2.05, 4.69) is 75.2 Å². The number of nitrogens with one attached hydrogen (secondary N) is 1. The standard InChI is InChI=1S/C19H32N2/c1-6-16(7-2)13-21-15-19(5,20-14-18(21,3)4)17-11-9-8-10-12-17/h8-12,16,20H,6-7,13-15H2,1-5H3. The van der Waals surface area contributed by atoms with Crippen molar-refractivity contribution in [1.82, 2.24) is 10.2 Å². The molecule has 0 saturated carbocycles. The van der Waals surface area contributed by atoms with Crippen LogP contribution in [0.15, 0.2) is 30.3 Å². The van der Waals surface area contributed by atoms with Crippen LogP contribution in [0.4, 0.5) is 0 Å². The smallest absolute Gasteiger partial charge is 0.0535 e. The number of hydrogen-bond acceptors (Lipinski definition) is 2. The lowest BCUT2D eigenvalue weighted by molar-refractivity contribution is 0.0178. The molecule has 1 aromatic rings. The number of nitrogens with zero attached hydrogens (tertiary/aromatic N) is 1. The van der Waals surface area contributed by atoms with Gasteiger partial charge in [0, 0.05) is 25.2 Å². The molecule has 0 amide bonds. The Bertz CT molecular complexity index is 436. The van der Waals surface area contributed by atoms with E-state index in [4.69, 9.17) is 0 Å². The molecule has 118 valence electrons. The van der Waals surface area contributed by atoms with Crippen molar-refractivity contribution in [2.24, 2.45) is 5.92 Å². The van der Waals surface area contributed by atoms with Crippen molar-refractivity contribution in [3.8, 4) is 0 Å². The molecule has 0 radical (unpaired) electrons. The van der Waals surface area contributed by atoms with Crippen LogP contribution in [-0.4, -0.2) is 30.1 Å². The molecular formula is C19H32N2. The average molecular weight is 288 g/mol. The van der Waals surface area contributed by atoms with Gasteiger partial charge < -0.3 is 5.32 Å². The third-order valence-corrected chi connectivity index (χ3v) is 5.32. The highest BCUT2D eigenvalue weighted by Crippen LogP contribution is 2.31. The van der Waals surface area contributed by atoms with Crippen LogP contribution in [0, 0.1) is 5.92 Å². The van der Waals surface area contributed by atoms with Crippen LogP contribution in [0.1, 0.15) is 53.0 Å². The Labute approximate surface area is 130 Å². The van der Waals surface area contributed by atoms with Crippen LogP contribution >= 0.6 is 0 Å². The maximum atomic E-state index is 3.80. The summed E-state index contributed by atoms with van der Waals surface area (Å²) >= 11 is 0. The normalized spacial score (nSPS) is 26.2. The van der Waals surface area contributed by atoms with Gasteiger partial charge in [-0.2, -0.15) is 0 Å². The summed E-state index contributed by atoms with van der Waals surface area (Å²) in [7, 11) is 0. The van der Waals surface area contributed by atoms with E-state index in [0.717, 1.165) is 19.0 Å². The van der Waals surface area contributed by atoms with Crippen molar-refractivity contribution in [2.45, 2.75) is 58.5 Å². The lowest BCUT2D eigenvalue weighted by Crippen LogP contribution is -2.66. The molecule has 1 saturated heterocycles. The number of hydrogen-bond donors (Lipinski definition) is 1. The fraction of sp³-hybridized carbons (Fsp3) is 0.684. The lowest BCUT2D eigenvalue weighted by atomic mass is 9.84. The fourth-order valence-electron chi connectivity index (χ4n) is 3.34. The summed E-state index contributed by atoms with van der Waals surface area (Å²) in [5, 5.41) is 3.80. The zero-order valence-corrected chi connectivity index (χ0v) is 14.4. The van der Waals surface area contributed by atoms with Crippen molar-refractivity contribution in [3.63, 3.8) is 0 Å². The first-order valence-corrected chi connectivity index (χ1v) is 8.47. The molecular weight excluding hydrogens is 256 g/mol. The van der Waals surface area contributed by atoms with Crippen molar-refractivity contribution in [1.29, 1.82) is 0 Å². The van der Waals surface area contributed by atoms with E-state index in [1.165, 1.54) is 24.9 Å². The van der Waals surface area contributed by atoms with E-state index in [9.17, 15) is 0 Å². The molecule has 0 aromatic heterocycles. The molecule has 1 atom stereocenters. The van der Waals surface area contributed by atoms with Gasteiger partial charge in [0.15, 0.2) is 0 Å². The van der Waals surface area contributed by atoms with Gasteiger partial charge in [0.25, 0.3) is 0 Å². The highest BCUT2D eigenvalue weighted by molar-refractivity contribution is 5.25. The summed E-state index contributed by atoms with van der Waals surface area (Å²) in [6.07, 6.45) is 2.55. The van der Waals surface area contributed by atoms with Crippen LogP contribution in [-0.2, 0) is 5.54 Å². The average Bonchev–Trinajstić information content (AvgIpc) is 2.49. The summed E-state index contributed by atoms with van der Waals surface area (Å²) < 4.78 is 0. The molecule has 0 spiro atoms. The van der Waals surface area contributed by atoms with Gasteiger partial charge in [-0.1, -0.05) is 57.0 Å². The lowest BCUT2D eigenvalue weighted by Gasteiger charge is -2.52. The summed E-state index contributed by atoms with van der Waals surface area (Å²) in [5.74, 6) is 0.808. The predicted octanol–water partition coefficient (Wildman–Crippen LogP) is 4.02. The van der Waals surface area contributed by atoms with Crippen LogP contribution in [0.3, 0.4) is 0 Å². The van der Waals surface area contributed by atoms with Crippen LogP contribution in [0.25, 0.3) is 0 Å². The fourth-order valence-corrected chi connectivity index (χ4v) is 3.34. The monoisotopic (exact) mass is 288 g/mol. The third kappa shape index (κ3) is 3.67. The van der Waals surface area contributed by atoms with Gasteiger partial charge in [-0.3, -0.25) is 4.90 Å². The summed E-state index contributed by atoms with van der Waals surface area (Å²) in [6.45, 7) is 15.1. The Hall–Kier alpha value is -0.860. The molecule has 1 aliphatic rings. The maximum absolute atomic E-state index is 3.80. The molecule has 21 heavy (non-hydrogen) atoms. The minimum absolute atomic E-state index is 0.0583. The molecule has 1 aromatic carbocycles. The molecule has 2 heteroatoms. The van der Waals surface area contributed by atoms with E-state index in [0.29, 0.717) is 0 Å². The zero-order chi connectivity index (χ0) is 15.5. The topological polar surface area (TPSA) is 15.3 Å². The van der Waals surface area contributed by atoms with Gasteiger partial charge in [-0.05, 0) is 32.3 Å². The Kier molecular flexibility index (Phi) is 5.11. The van der Waals surface area contributed by atoms with E-state index in [1.54, 1.807) is 0 Å². The first kappa shape index (κ1) is 16.5. The minimum Gasteiger partial charge on any atom is -0.305 e. The van der Waals surface area contributed by atoms with Gasteiger partial charge in [0.05, 0.1) is 5.54 Å². The van der Waals surface area contributed by atoms with Crippen molar-refractivity contribution >= 4 is 0 Å². The van der Waals surface area contributed by atoms with Crippen molar-refractivity contribution in [3.05, 3.63) is 35.9 Å². The zero-order valence-electron chi connectivity index (χ0n) is 14.4. The molecule has 0 aliphatic carbocycles. The van der Waals surface area contributed by atoms with Crippen LogP contribution in [0.5, 0.6) is 0 Å². The highest BCUT2D eigenvalue weighted by Gasteiger charge is 2.41. The Morgan fingerprint density at radius 2 is 1.71 bits per heavy atom. The molecule has 2 nitrogen and oxygen atoms in total. The first-order valence-electron chi connectivity index (χ1n) is 8.47. The van der Waals surface area contributed by atoms with E-state index >= 15 is 0 Å². The van der Waals surface area contributed by atoms with E-state index in [-0.39, 0.29) is 11.1 Å². The second kappa shape index (κ2) is 6.50. The van der Waals surface area contributed by atoms with Gasteiger partial charge in [-0.15, -0.1) is 0 Å². The first-order chi connectivity index (χ1) is 9.91. The molecule has 1 heterocycles. The number of piperazine rings is 1. The molecule has 2 rings (SSSR count). The third-order valence-electron chi connectivity index (χ3n) is 5.32. The van der Waals surface area contributed by atoms with E-state index in [1.807, 2.05) is 0 Å². The molecule has 1 unspecified atom stereocenters. The molecule has 1 N–H and O–H groups in total. The van der Waals surface area contributed by atoms with E-state index < -0.39 is 0 Å². The van der Waals surface area contributed by atoms with Gasteiger partial charge >= 0.3 is 0 Å². The molecule has 1 fully saturated rings. The Balaban J connectivity index is 2.19. The van der Waals surface area contributed by atoms with Gasteiger partial charge in [-0.25, -0.2) is 0 Å². The maximum Gasteiger partial charge on any atom is 0.0535 e. The minimum atomic E-state index is 0.0583. The van der Waals surface area contributed by atoms with Crippen LogP contribution < -0.4 is 5.32 Å². The highest BCUT2D eigenvalue weighted by atomic mass is 15.3. The number of rotatable bonds is 5. The molecule has 0 bridgehead atoms. The Morgan fingerprint density at radius 3 is 2.29 bits per heavy atom. The SMILES string of the molecule is CCC(CC)CN1CC(C)(c2ccccc2)NCC1(C)C. The number of benzene rings is 1.